The number of hydrogen-bond acceptors (Lipinski definition) is 2. The number of rotatable bonds is 3. The maximum Gasteiger partial charge on any atom is 0.416 e. The molecular weight excluding hydrogens is 281 g/mol. The summed E-state index contributed by atoms with van der Waals surface area (Å²) in [6.45, 7) is 0.268. The van der Waals surface area contributed by atoms with Gasteiger partial charge in [-0.05, 0) is 35.9 Å². The van der Waals surface area contributed by atoms with Crippen LogP contribution >= 0.6 is 0 Å². The minimum atomic E-state index is -4.33. The first-order chi connectivity index (χ1) is 10.0. The van der Waals surface area contributed by atoms with E-state index in [2.05, 4.69) is 5.10 Å². The predicted octanol–water partition coefficient (Wildman–Crippen LogP) is 4.21. The third kappa shape index (κ3) is 2.99. The quantitative estimate of drug-likeness (QED) is 0.724. The van der Waals surface area contributed by atoms with Gasteiger partial charge in [-0.1, -0.05) is 12.1 Å². The highest BCUT2D eigenvalue weighted by atomic mass is 19.4. The van der Waals surface area contributed by atoms with E-state index in [1.54, 1.807) is 41.4 Å². The zero-order valence-electron chi connectivity index (χ0n) is 10.8. The Morgan fingerprint density at radius 1 is 1.10 bits per heavy atom. The maximum absolute atomic E-state index is 12.7. The van der Waals surface area contributed by atoms with Crippen molar-refractivity contribution in [3.8, 4) is 11.5 Å². The lowest BCUT2D eigenvalue weighted by Gasteiger charge is -2.08. The lowest BCUT2D eigenvalue weighted by atomic mass is 10.1. The molecule has 0 radical (unpaired) electrons. The van der Waals surface area contributed by atoms with E-state index >= 15 is 0 Å². The molecule has 0 saturated heterocycles. The summed E-state index contributed by atoms with van der Waals surface area (Å²) in [5, 5.41) is 4.28. The number of alkyl halides is 3. The Balaban J connectivity index is 1.81. The number of furan rings is 1. The van der Waals surface area contributed by atoms with Gasteiger partial charge in [0.05, 0.1) is 18.4 Å². The van der Waals surface area contributed by atoms with Gasteiger partial charge in [0, 0.05) is 6.20 Å². The molecule has 6 heteroatoms. The zero-order valence-corrected chi connectivity index (χ0v) is 10.8. The third-order valence-corrected chi connectivity index (χ3v) is 3.01. The van der Waals surface area contributed by atoms with Crippen molar-refractivity contribution < 1.29 is 17.6 Å². The molecule has 0 unspecified atom stereocenters. The van der Waals surface area contributed by atoms with Crippen LogP contribution in [0.15, 0.2) is 59.3 Å². The minimum absolute atomic E-state index is 0.268. The first-order valence-electron chi connectivity index (χ1n) is 6.26. The first-order valence-corrected chi connectivity index (χ1v) is 6.26. The Hall–Kier alpha value is -2.50. The van der Waals surface area contributed by atoms with Crippen LogP contribution in [0, 0.1) is 0 Å². The summed E-state index contributed by atoms with van der Waals surface area (Å²) >= 11 is 0. The first kappa shape index (κ1) is 13.5. The van der Waals surface area contributed by atoms with Gasteiger partial charge in [-0.15, -0.1) is 0 Å². The van der Waals surface area contributed by atoms with E-state index in [1.807, 2.05) is 0 Å². The van der Waals surface area contributed by atoms with Crippen LogP contribution in [0.25, 0.3) is 11.5 Å². The lowest BCUT2D eigenvalue weighted by Crippen LogP contribution is -2.07. The predicted molar refractivity (Wildman–Crippen MR) is 70.5 cm³/mol. The fourth-order valence-corrected chi connectivity index (χ4v) is 2.04. The average molecular weight is 292 g/mol. The van der Waals surface area contributed by atoms with E-state index in [9.17, 15) is 13.2 Å². The second-order valence-electron chi connectivity index (χ2n) is 4.57. The Morgan fingerprint density at radius 3 is 2.67 bits per heavy atom. The SMILES string of the molecule is FC(F)(F)c1cccc(Cn2ccc(-c3ccco3)n2)c1. The van der Waals surface area contributed by atoms with Gasteiger partial charge in [-0.25, -0.2) is 0 Å². The van der Waals surface area contributed by atoms with Crippen LogP contribution < -0.4 is 0 Å². The molecule has 0 saturated carbocycles. The van der Waals surface area contributed by atoms with Crippen LogP contribution in [0.2, 0.25) is 0 Å². The number of halogens is 3. The Morgan fingerprint density at radius 2 is 1.95 bits per heavy atom. The molecule has 0 amide bonds. The van der Waals surface area contributed by atoms with Crippen LogP contribution in [0.5, 0.6) is 0 Å². The number of aromatic nitrogens is 2. The molecule has 2 aromatic heterocycles. The van der Waals surface area contributed by atoms with Crippen molar-refractivity contribution in [2.45, 2.75) is 12.7 Å². The Kier molecular flexibility index (Phi) is 3.29. The molecule has 21 heavy (non-hydrogen) atoms. The monoisotopic (exact) mass is 292 g/mol. The standard InChI is InChI=1S/C15H11F3N2O/c16-15(17,18)12-4-1-3-11(9-12)10-20-7-6-13(19-20)14-5-2-8-21-14/h1-9H,10H2. The van der Waals surface area contributed by atoms with Crippen molar-refractivity contribution in [3.63, 3.8) is 0 Å². The van der Waals surface area contributed by atoms with E-state index in [1.165, 1.54) is 6.07 Å². The summed E-state index contributed by atoms with van der Waals surface area (Å²) in [5.74, 6) is 0.623. The fourth-order valence-electron chi connectivity index (χ4n) is 2.04. The summed E-state index contributed by atoms with van der Waals surface area (Å²) in [7, 11) is 0. The summed E-state index contributed by atoms with van der Waals surface area (Å²) in [6.07, 6.45) is -1.08. The summed E-state index contributed by atoms with van der Waals surface area (Å²) < 4.78 is 44.8. The van der Waals surface area contributed by atoms with Gasteiger partial charge in [0.1, 0.15) is 5.69 Å². The number of hydrogen-bond donors (Lipinski definition) is 0. The molecule has 0 aliphatic rings. The molecule has 0 fully saturated rings. The molecule has 0 aliphatic heterocycles. The highest BCUT2D eigenvalue weighted by Gasteiger charge is 2.30. The second kappa shape index (κ2) is 5.12. The van der Waals surface area contributed by atoms with Crippen molar-refractivity contribution in [1.29, 1.82) is 0 Å². The van der Waals surface area contributed by atoms with Gasteiger partial charge < -0.3 is 4.42 Å². The van der Waals surface area contributed by atoms with E-state index in [0.29, 0.717) is 17.0 Å². The maximum atomic E-state index is 12.7. The fraction of sp³-hybridized carbons (Fsp3) is 0.133. The summed E-state index contributed by atoms with van der Waals surface area (Å²) in [6, 6.07) is 10.5. The van der Waals surface area contributed by atoms with Crippen LogP contribution in [-0.2, 0) is 12.7 Å². The molecule has 0 atom stereocenters. The Labute approximate surface area is 118 Å². The molecule has 0 aliphatic carbocycles. The summed E-state index contributed by atoms with van der Waals surface area (Å²) in [5.41, 5.74) is 0.532. The largest absolute Gasteiger partial charge is 0.463 e. The van der Waals surface area contributed by atoms with Crippen LogP contribution in [0.1, 0.15) is 11.1 Å². The van der Waals surface area contributed by atoms with E-state index in [0.717, 1.165) is 12.1 Å². The highest BCUT2D eigenvalue weighted by Crippen LogP contribution is 2.29. The van der Waals surface area contributed by atoms with Gasteiger partial charge in [0.15, 0.2) is 5.76 Å². The molecule has 3 aromatic rings. The molecular formula is C15H11F3N2O. The topological polar surface area (TPSA) is 31.0 Å². The number of nitrogens with zero attached hydrogens (tertiary/aromatic N) is 2. The van der Waals surface area contributed by atoms with E-state index in [-0.39, 0.29) is 6.54 Å². The van der Waals surface area contributed by atoms with Crippen LogP contribution in [0.3, 0.4) is 0 Å². The molecule has 2 heterocycles. The zero-order chi connectivity index (χ0) is 14.9. The van der Waals surface area contributed by atoms with Crippen LogP contribution in [0.4, 0.5) is 13.2 Å². The van der Waals surface area contributed by atoms with Gasteiger partial charge in [-0.3, -0.25) is 4.68 Å². The molecule has 108 valence electrons. The minimum Gasteiger partial charge on any atom is -0.463 e. The second-order valence-corrected chi connectivity index (χ2v) is 4.57. The van der Waals surface area contributed by atoms with Crippen LogP contribution in [-0.4, -0.2) is 9.78 Å². The third-order valence-electron chi connectivity index (χ3n) is 3.01. The van der Waals surface area contributed by atoms with Crippen molar-refractivity contribution >= 4 is 0 Å². The molecule has 3 nitrogen and oxygen atoms in total. The molecule has 3 rings (SSSR count). The smallest absolute Gasteiger partial charge is 0.416 e. The normalized spacial score (nSPS) is 11.8. The van der Waals surface area contributed by atoms with Gasteiger partial charge in [-0.2, -0.15) is 18.3 Å². The van der Waals surface area contributed by atoms with Gasteiger partial charge in [0.25, 0.3) is 0 Å². The van der Waals surface area contributed by atoms with Gasteiger partial charge in [0.2, 0.25) is 0 Å². The Bertz CT molecular complexity index is 729. The molecule has 1 aromatic carbocycles. The van der Waals surface area contributed by atoms with Crippen molar-refractivity contribution in [2.75, 3.05) is 0 Å². The molecule has 0 N–H and O–H groups in total. The van der Waals surface area contributed by atoms with Gasteiger partial charge >= 0.3 is 6.18 Å². The molecule has 0 spiro atoms. The van der Waals surface area contributed by atoms with Crippen molar-refractivity contribution in [2.24, 2.45) is 0 Å². The highest BCUT2D eigenvalue weighted by molar-refractivity contribution is 5.50. The van der Waals surface area contributed by atoms with Crippen molar-refractivity contribution in [3.05, 3.63) is 66.1 Å². The lowest BCUT2D eigenvalue weighted by molar-refractivity contribution is -0.137. The number of benzene rings is 1. The summed E-state index contributed by atoms with van der Waals surface area (Å²) in [4.78, 5) is 0. The van der Waals surface area contributed by atoms with E-state index in [4.69, 9.17) is 4.42 Å². The van der Waals surface area contributed by atoms with E-state index < -0.39 is 11.7 Å². The van der Waals surface area contributed by atoms with Crippen molar-refractivity contribution in [1.82, 2.24) is 9.78 Å². The molecule has 0 bridgehead atoms. The average Bonchev–Trinajstić information content (AvgIpc) is 3.08.